The molecule has 3 aromatic rings. The maximum atomic E-state index is 13.2. The van der Waals surface area contributed by atoms with Gasteiger partial charge in [-0.3, -0.25) is 14.6 Å². The van der Waals surface area contributed by atoms with Crippen molar-refractivity contribution in [3.63, 3.8) is 0 Å². The van der Waals surface area contributed by atoms with E-state index in [1.165, 1.54) is 5.56 Å². The number of nitrogens with one attached hydrogen (secondary N) is 1. The number of pyridine rings is 1. The van der Waals surface area contributed by atoms with Crippen molar-refractivity contribution in [2.45, 2.75) is 71.5 Å². The van der Waals surface area contributed by atoms with E-state index in [0.29, 0.717) is 29.8 Å². The number of aryl methyl sites for hydroxylation is 2. The van der Waals surface area contributed by atoms with Crippen molar-refractivity contribution in [1.82, 2.24) is 20.1 Å². The van der Waals surface area contributed by atoms with E-state index in [0.717, 1.165) is 87.4 Å². The molecule has 0 aliphatic carbocycles. The van der Waals surface area contributed by atoms with Crippen LogP contribution >= 0.6 is 0 Å². The van der Waals surface area contributed by atoms with Crippen LogP contribution in [-0.2, 0) is 6.54 Å². The van der Waals surface area contributed by atoms with Crippen LogP contribution in [0.1, 0.15) is 76.4 Å². The van der Waals surface area contributed by atoms with E-state index < -0.39 is 0 Å². The molecule has 2 aliphatic heterocycles. The molecule has 0 saturated carbocycles. The van der Waals surface area contributed by atoms with Crippen molar-refractivity contribution in [3.05, 3.63) is 88.7 Å². The summed E-state index contributed by atoms with van der Waals surface area (Å²) in [6.45, 7) is 11.2. The van der Waals surface area contributed by atoms with E-state index in [4.69, 9.17) is 4.74 Å². The number of methoxy groups -OCH3 is 1. The van der Waals surface area contributed by atoms with E-state index in [9.17, 15) is 9.59 Å². The number of aromatic nitrogens is 1. The first-order chi connectivity index (χ1) is 21.3. The molecule has 234 valence electrons. The van der Waals surface area contributed by atoms with E-state index in [1.807, 2.05) is 61.5 Å². The highest BCUT2D eigenvalue weighted by Crippen LogP contribution is 2.27. The number of carbonyl (C=O) groups excluding carboxylic acids is 2. The number of hydrogen-bond acceptors (Lipinski definition) is 6. The molecule has 3 heterocycles. The third-order valence-electron chi connectivity index (χ3n) is 9.30. The number of likely N-dealkylation sites (tertiary alicyclic amines) is 2. The minimum atomic E-state index is -0.0586. The summed E-state index contributed by atoms with van der Waals surface area (Å²) in [7, 11) is 1.69. The number of ether oxygens (including phenoxy) is 1. The first-order valence-corrected chi connectivity index (χ1v) is 16.1. The Morgan fingerprint density at radius 3 is 2.32 bits per heavy atom. The number of hydrogen-bond donors (Lipinski definition) is 1. The molecule has 8 nitrogen and oxygen atoms in total. The first kappa shape index (κ1) is 31.5. The summed E-state index contributed by atoms with van der Waals surface area (Å²) in [5.74, 6) is 0.881. The van der Waals surface area contributed by atoms with E-state index in [1.54, 1.807) is 7.11 Å². The molecule has 0 spiro atoms. The van der Waals surface area contributed by atoms with E-state index >= 15 is 0 Å². The number of rotatable bonds is 11. The Balaban J connectivity index is 1.13. The molecule has 5 rings (SSSR count). The molecule has 2 aliphatic rings. The van der Waals surface area contributed by atoms with Gasteiger partial charge in [-0.25, -0.2) is 0 Å². The molecule has 0 radical (unpaired) electrons. The molecule has 1 N–H and O–H groups in total. The minimum absolute atomic E-state index is 0.0586. The predicted molar refractivity (Wildman–Crippen MR) is 175 cm³/mol. The fourth-order valence-electron chi connectivity index (χ4n) is 6.73. The summed E-state index contributed by atoms with van der Waals surface area (Å²) in [5, 5.41) is 3.15. The Kier molecular flexibility index (Phi) is 10.5. The zero-order valence-electron chi connectivity index (χ0n) is 26.7. The summed E-state index contributed by atoms with van der Waals surface area (Å²) in [4.78, 5) is 37.4. The average molecular weight is 598 g/mol. The summed E-state index contributed by atoms with van der Waals surface area (Å²) in [6, 6.07) is 17.0. The molecule has 44 heavy (non-hydrogen) atoms. The number of carbonyl (C=O) groups is 2. The second-order valence-corrected chi connectivity index (χ2v) is 12.3. The SMILES string of the molecule is COc1ccc(CN(c2cccnc2)C2CCN([C@H](C)CCNC(=O)c3c(C)cc(C(=O)N4CCCC4)cc3C)CC2)cc1. The maximum absolute atomic E-state index is 13.2. The zero-order chi connectivity index (χ0) is 31.1. The Morgan fingerprint density at radius 1 is 1.02 bits per heavy atom. The second-order valence-electron chi connectivity index (χ2n) is 12.3. The summed E-state index contributed by atoms with van der Waals surface area (Å²) < 4.78 is 5.35. The molecule has 8 heteroatoms. The fourth-order valence-corrected chi connectivity index (χ4v) is 6.73. The third-order valence-corrected chi connectivity index (χ3v) is 9.30. The van der Waals surface area contributed by atoms with Gasteiger partial charge in [0.2, 0.25) is 0 Å². The lowest BCUT2D eigenvalue weighted by Crippen LogP contribution is -2.48. The van der Waals surface area contributed by atoms with Crippen LogP contribution in [0.4, 0.5) is 5.69 Å². The van der Waals surface area contributed by atoms with Gasteiger partial charge >= 0.3 is 0 Å². The van der Waals surface area contributed by atoms with Crippen LogP contribution in [0.25, 0.3) is 0 Å². The van der Waals surface area contributed by atoms with Crippen molar-refractivity contribution in [2.24, 2.45) is 0 Å². The molecule has 1 atom stereocenters. The average Bonchev–Trinajstić information content (AvgIpc) is 3.59. The van der Waals surface area contributed by atoms with Crippen molar-refractivity contribution in [1.29, 1.82) is 0 Å². The lowest BCUT2D eigenvalue weighted by molar-refractivity contribution is 0.0791. The van der Waals surface area contributed by atoms with Gasteiger partial charge in [0.05, 0.1) is 19.0 Å². The molecule has 0 bridgehead atoms. The van der Waals surface area contributed by atoms with Gasteiger partial charge in [0.1, 0.15) is 5.75 Å². The molecular weight excluding hydrogens is 550 g/mol. The van der Waals surface area contributed by atoms with Crippen LogP contribution < -0.4 is 15.0 Å². The highest BCUT2D eigenvalue weighted by molar-refractivity contribution is 6.00. The number of anilines is 1. The topological polar surface area (TPSA) is 78.0 Å². The van der Waals surface area contributed by atoms with Gasteiger partial charge < -0.3 is 24.8 Å². The molecule has 2 aromatic carbocycles. The smallest absolute Gasteiger partial charge is 0.253 e. The Bertz CT molecular complexity index is 1370. The summed E-state index contributed by atoms with van der Waals surface area (Å²) in [5.41, 5.74) is 5.47. The fraction of sp³-hybridized carbons (Fsp3) is 0.472. The number of amides is 2. The highest BCUT2D eigenvalue weighted by Gasteiger charge is 2.28. The van der Waals surface area contributed by atoms with E-state index in [-0.39, 0.29) is 11.8 Å². The van der Waals surface area contributed by atoms with Crippen molar-refractivity contribution in [2.75, 3.05) is 44.7 Å². The highest BCUT2D eigenvalue weighted by atomic mass is 16.5. The zero-order valence-corrected chi connectivity index (χ0v) is 26.7. The van der Waals surface area contributed by atoms with Crippen LogP contribution in [0, 0.1) is 13.8 Å². The molecule has 0 unspecified atom stereocenters. The van der Waals surface area contributed by atoms with Gasteiger partial charge in [0.15, 0.2) is 0 Å². The second kappa shape index (κ2) is 14.7. The Morgan fingerprint density at radius 2 is 1.70 bits per heavy atom. The van der Waals surface area contributed by atoms with Crippen LogP contribution in [0.3, 0.4) is 0 Å². The largest absolute Gasteiger partial charge is 0.497 e. The van der Waals surface area contributed by atoms with Gasteiger partial charge in [0.25, 0.3) is 11.8 Å². The van der Waals surface area contributed by atoms with Gasteiger partial charge in [0, 0.05) is 68.7 Å². The van der Waals surface area contributed by atoms with E-state index in [2.05, 4.69) is 45.2 Å². The van der Waals surface area contributed by atoms with Crippen LogP contribution in [0.15, 0.2) is 60.9 Å². The normalized spacial score (nSPS) is 16.5. The number of piperidine rings is 1. The lowest BCUT2D eigenvalue weighted by atomic mass is 9.97. The predicted octanol–water partition coefficient (Wildman–Crippen LogP) is 5.62. The molecule has 1 aromatic heterocycles. The van der Waals surface area contributed by atoms with Crippen LogP contribution in [0.2, 0.25) is 0 Å². The van der Waals surface area contributed by atoms with Gasteiger partial charge in [-0.2, -0.15) is 0 Å². The Labute approximate surface area is 262 Å². The number of benzene rings is 2. The monoisotopic (exact) mass is 597 g/mol. The van der Waals surface area contributed by atoms with Gasteiger partial charge in [-0.1, -0.05) is 12.1 Å². The third kappa shape index (κ3) is 7.59. The van der Waals surface area contributed by atoms with Crippen LogP contribution in [-0.4, -0.2) is 78.5 Å². The van der Waals surface area contributed by atoms with Crippen LogP contribution in [0.5, 0.6) is 5.75 Å². The lowest BCUT2D eigenvalue weighted by Gasteiger charge is -2.41. The molecule has 2 fully saturated rings. The summed E-state index contributed by atoms with van der Waals surface area (Å²) in [6.07, 6.45) is 8.95. The maximum Gasteiger partial charge on any atom is 0.253 e. The molecule has 2 amide bonds. The van der Waals surface area contributed by atoms with Crippen molar-refractivity contribution >= 4 is 17.5 Å². The Hall–Kier alpha value is -3.91. The standard InChI is InChI=1S/C36H47N5O3/c1-26-22-30(36(43)40-18-5-6-19-40)23-27(2)34(26)35(42)38-17-13-28(3)39-20-14-31(15-21-39)41(32-8-7-16-37-24-32)25-29-9-11-33(44-4)12-10-29/h7-12,16,22-24,28,31H,5-6,13-15,17-21,25H2,1-4H3,(H,38,42)/t28-/m1/s1. The molecular formula is C36H47N5O3. The van der Waals surface area contributed by atoms with Gasteiger partial charge in [-0.05, 0) is 106 Å². The quantitative estimate of drug-likeness (QED) is 0.309. The first-order valence-electron chi connectivity index (χ1n) is 16.1. The summed E-state index contributed by atoms with van der Waals surface area (Å²) >= 11 is 0. The van der Waals surface area contributed by atoms with Crippen molar-refractivity contribution < 1.29 is 14.3 Å². The molecule has 2 saturated heterocycles. The minimum Gasteiger partial charge on any atom is -0.497 e. The van der Waals surface area contributed by atoms with Gasteiger partial charge in [-0.15, -0.1) is 0 Å². The number of nitrogens with zero attached hydrogens (tertiary/aromatic N) is 4. The van der Waals surface area contributed by atoms with Crippen molar-refractivity contribution in [3.8, 4) is 5.75 Å².